The van der Waals surface area contributed by atoms with Gasteiger partial charge in [0.2, 0.25) is 0 Å². The van der Waals surface area contributed by atoms with Crippen LogP contribution in [0.1, 0.15) is 17.0 Å². The van der Waals surface area contributed by atoms with Crippen LogP contribution in [0.3, 0.4) is 0 Å². The van der Waals surface area contributed by atoms with Crippen molar-refractivity contribution in [3.63, 3.8) is 0 Å². The standard InChI is InChI=1S/C17H17N3O2S/c1-20(11-8-9-18-10-11)17(21)14-7-6-13(22-14)16-19-12-4-2-3-5-15(12)23-16/h2-7,11,18H,8-10H2,1H3. The Kier molecular flexibility index (Phi) is 3.63. The number of rotatable bonds is 3. The van der Waals surface area contributed by atoms with Crippen LogP contribution < -0.4 is 5.32 Å². The third-order valence-corrected chi connectivity index (χ3v) is 5.27. The van der Waals surface area contributed by atoms with E-state index in [1.807, 2.05) is 37.4 Å². The second-order valence-corrected chi connectivity index (χ2v) is 6.74. The van der Waals surface area contributed by atoms with E-state index in [0.29, 0.717) is 11.5 Å². The molecule has 6 heteroatoms. The lowest BCUT2D eigenvalue weighted by Gasteiger charge is -2.22. The monoisotopic (exact) mass is 327 g/mol. The van der Waals surface area contributed by atoms with Crippen LogP contribution in [-0.4, -0.2) is 42.0 Å². The lowest BCUT2D eigenvalue weighted by atomic mass is 10.2. The largest absolute Gasteiger partial charge is 0.448 e. The van der Waals surface area contributed by atoms with Crippen LogP contribution in [0, 0.1) is 0 Å². The first-order chi connectivity index (χ1) is 11.2. The number of likely N-dealkylation sites (N-methyl/N-ethyl adjacent to an activating group) is 1. The number of hydrogen-bond acceptors (Lipinski definition) is 5. The zero-order chi connectivity index (χ0) is 15.8. The average molecular weight is 327 g/mol. The molecule has 0 aliphatic carbocycles. The van der Waals surface area contributed by atoms with Crippen LogP contribution in [0.5, 0.6) is 0 Å². The van der Waals surface area contributed by atoms with Crippen LogP contribution in [0.15, 0.2) is 40.8 Å². The summed E-state index contributed by atoms with van der Waals surface area (Å²) in [6.07, 6.45) is 0.980. The molecule has 0 spiro atoms. The Hall–Kier alpha value is -2.18. The van der Waals surface area contributed by atoms with Gasteiger partial charge in [-0.25, -0.2) is 4.98 Å². The van der Waals surface area contributed by atoms with Crippen molar-refractivity contribution < 1.29 is 9.21 Å². The first-order valence-corrected chi connectivity index (χ1v) is 8.47. The van der Waals surface area contributed by atoms with E-state index >= 15 is 0 Å². The molecule has 1 unspecified atom stereocenters. The van der Waals surface area contributed by atoms with Gasteiger partial charge in [0.1, 0.15) is 0 Å². The Bertz CT molecular complexity index is 815. The number of hydrogen-bond donors (Lipinski definition) is 1. The van der Waals surface area contributed by atoms with E-state index in [1.165, 1.54) is 0 Å². The maximum Gasteiger partial charge on any atom is 0.289 e. The molecular weight excluding hydrogens is 310 g/mol. The minimum atomic E-state index is -0.0777. The van der Waals surface area contributed by atoms with Gasteiger partial charge in [0, 0.05) is 19.6 Å². The molecule has 23 heavy (non-hydrogen) atoms. The number of carbonyl (C=O) groups excluding carboxylic acids is 1. The Morgan fingerprint density at radius 2 is 2.22 bits per heavy atom. The molecule has 1 atom stereocenters. The molecule has 1 amide bonds. The number of carbonyl (C=O) groups is 1. The van der Waals surface area contributed by atoms with E-state index in [9.17, 15) is 4.79 Å². The highest BCUT2D eigenvalue weighted by Gasteiger charge is 2.26. The van der Waals surface area contributed by atoms with Gasteiger partial charge in [-0.1, -0.05) is 12.1 Å². The molecule has 1 fully saturated rings. The number of amides is 1. The minimum Gasteiger partial charge on any atom is -0.448 e. The SMILES string of the molecule is CN(C(=O)c1ccc(-c2nc3ccccc3s2)o1)C1CCNC1. The second-order valence-electron chi connectivity index (χ2n) is 5.71. The van der Waals surface area contributed by atoms with Crippen molar-refractivity contribution >= 4 is 27.5 Å². The number of para-hydroxylation sites is 1. The summed E-state index contributed by atoms with van der Waals surface area (Å²) in [5.74, 6) is 0.937. The lowest BCUT2D eigenvalue weighted by molar-refractivity contribution is 0.0712. The molecule has 1 aromatic carbocycles. The minimum absolute atomic E-state index is 0.0777. The fraction of sp³-hybridized carbons (Fsp3) is 0.294. The van der Waals surface area contributed by atoms with Crippen LogP contribution in [0.4, 0.5) is 0 Å². The number of nitrogens with zero attached hydrogens (tertiary/aromatic N) is 2. The first kappa shape index (κ1) is 14.4. The third-order valence-electron chi connectivity index (χ3n) is 4.22. The van der Waals surface area contributed by atoms with Gasteiger partial charge in [-0.15, -0.1) is 11.3 Å². The molecule has 118 valence electrons. The number of nitrogens with one attached hydrogen (secondary N) is 1. The third kappa shape index (κ3) is 2.64. The van der Waals surface area contributed by atoms with Gasteiger partial charge in [0.05, 0.1) is 10.2 Å². The van der Waals surface area contributed by atoms with Crippen molar-refractivity contribution in [3.8, 4) is 10.8 Å². The highest BCUT2D eigenvalue weighted by Crippen LogP contribution is 2.31. The molecule has 0 radical (unpaired) electrons. The molecule has 0 bridgehead atoms. The molecule has 1 aliphatic heterocycles. The van der Waals surface area contributed by atoms with E-state index in [1.54, 1.807) is 22.3 Å². The molecule has 1 aliphatic rings. The van der Waals surface area contributed by atoms with Crippen LogP contribution in [-0.2, 0) is 0 Å². The summed E-state index contributed by atoms with van der Waals surface area (Å²) in [5, 5.41) is 4.07. The predicted octanol–water partition coefficient (Wildman–Crippen LogP) is 2.99. The van der Waals surface area contributed by atoms with Gasteiger partial charge in [0.15, 0.2) is 16.5 Å². The molecule has 1 N–H and O–H groups in total. The molecule has 0 saturated carbocycles. The maximum atomic E-state index is 12.5. The van der Waals surface area contributed by atoms with Crippen LogP contribution in [0.2, 0.25) is 0 Å². The fourth-order valence-electron chi connectivity index (χ4n) is 2.85. The summed E-state index contributed by atoms with van der Waals surface area (Å²) in [7, 11) is 1.83. The Balaban J connectivity index is 1.59. The summed E-state index contributed by atoms with van der Waals surface area (Å²) in [6.45, 7) is 1.80. The Morgan fingerprint density at radius 3 is 3.00 bits per heavy atom. The summed E-state index contributed by atoms with van der Waals surface area (Å²) >= 11 is 1.57. The fourth-order valence-corrected chi connectivity index (χ4v) is 3.78. The zero-order valence-electron chi connectivity index (χ0n) is 12.8. The average Bonchev–Trinajstić information content (AvgIpc) is 3.32. The number of aromatic nitrogens is 1. The van der Waals surface area contributed by atoms with Gasteiger partial charge in [0.25, 0.3) is 5.91 Å². The van der Waals surface area contributed by atoms with Crippen molar-refractivity contribution in [2.24, 2.45) is 0 Å². The molecule has 5 nitrogen and oxygen atoms in total. The van der Waals surface area contributed by atoms with E-state index in [2.05, 4.69) is 10.3 Å². The van der Waals surface area contributed by atoms with E-state index in [4.69, 9.17) is 4.42 Å². The number of benzene rings is 1. The molecule has 3 heterocycles. The van der Waals surface area contributed by atoms with E-state index in [0.717, 1.165) is 34.7 Å². The van der Waals surface area contributed by atoms with Crippen LogP contribution >= 0.6 is 11.3 Å². The van der Waals surface area contributed by atoms with Gasteiger partial charge in [-0.2, -0.15) is 0 Å². The summed E-state index contributed by atoms with van der Waals surface area (Å²) in [6, 6.07) is 11.8. The van der Waals surface area contributed by atoms with Crippen molar-refractivity contribution in [1.29, 1.82) is 0 Å². The summed E-state index contributed by atoms with van der Waals surface area (Å²) in [4.78, 5) is 18.9. The molecule has 2 aromatic heterocycles. The van der Waals surface area contributed by atoms with Crippen molar-refractivity contribution in [1.82, 2.24) is 15.2 Å². The molecule has 3 aromatic rings. The Morgan fingerprint density at radius 1 is 1.35 bits per heavy atom. The second kappa shape index (κ2) is 5.79. The van der Waals surface area contributed by atoms with Gasteiger partial charge < -0.3 is 14.6 Å². The number of furan rings is 1. The number of thiazole rings is 1. The normalized spacial score (nSPS) is 17.7. The van der Waals surface area contributed by atoms with Crippen molar-refractivity contribution in [2.75, 3.05) is 20.1 Å². The number of fused-ring (bicyclic) bond motifs is 1. The highest BCUT2D eigenvalue weighted by molar-refractivity contribution is 7.21. The highest BCUT2D eigenvalue weighted by atomic mass is 32.1. The van der Waals surface area contributed by atoms with Crippen LogP contribution in [0.25, 0.3) is 21.0 Å². The van der Waals surface area contributed by atoms with Crippen molar-refractivity contribution in [2.45, 2.75) is 12.5 Å². The Labute approximate surface area is 137 Å². The van der Waals surface area contributed by atoms with Gasteiger partial charge in [-0.3, -0.25) is 4.79 Å². The molecule has 1 saturated heterocycles. The van der Waals surface area contributed by atoms with Gasteiger partial charge in [-0.05, 0) is 37.2 Å². The topological polar surface area (TPSA) is 58.4 Å². The molecular formula is C17H17N3O2S. The molecule has 4 rings (SSSR count). The summed E-state index contributed by atoms with van der Waals surface area (Å²) < 4.78 is 6.89. The van der Waals surface area contributed by atoms with E-state index in [-0.39, 0.29) is 11.9 Å². The zero-order valence-corrected chi connectivity index (χ0v) is 13.6. The van der Waals surface area contributed by atoms with Crippen molar-refractivity contribution in [3.05, 3.63) is 42.2 Å². The smallest absolute Gasteiger partial charge is 0.289 e. The summed E-state index contributed by atoms with van der Waals surface area (Å²) in [5.41, 5.74) is 0.950. The maximum absolute atomic E-state index is 12.5. The quantitative estimate of drug-likeness (QED) is 0.803. The van der Waals surface area contributed by atoms with E-state index < -0.39 is 0 Å². The first-order valence-electron chi connectivity index (χ1n) is 7.66. The van der Waals surface area contributed by atoms with Gasteiger partial charge >= 0.3 is 0 Å². The lowest BCUT2D eigenvalue weighted by Crippen LogP contribution is -2.38. The predicted molar refractivity (Wildman–Crippen MR) is 90.7 cm³/mol.